The number of hydrogen-bond donors (Lipinski definition) is 2. The Morgan fingerprint density at radius 1 is 1.20 bits per heavy atom. The monoisotopic (exact) mass is 413 g/mol. The molecule has 0 unspecified atom stereocenters. The van der Waals surface area contributed by atoms with E-state index in [-0.39, 0.29) is 24.1 Å². The molecule has 1 aliphatic rings. The van der Waals surface area contributed by atoms with Gasteiger partial charge in [0.15, 0.2) is 5.69 Å². The Balaban J connectivity index is 1.63. The van der Waals surface area contributed by atoms with Crippen LogP contribution in [-0.2, 0) is 35.5 Å². The van der Waals surface area contributed by atoms with Crippen molar-refractivity contribution in [1.82, 2.24) is 25.3 Å². The van der Waals surface area contributed by atoms with Gasteiger partial charge >= 0.3 is 0 Å². The van der Waals surface area contributed by atoms with Gasteiger partial charge in [-0.25, -0.2) is 0 Å². The molecule has 0 fully saturated rings. The van der Waals surface area contributed by atoms with E-state index in [1.165, 1.54) is 6.92 Å². The van der Waals surface area contributed by atoms with Gasteiger partial charge in [-0.1, -0.05) is 12.1 Å². The maximum Gasteiger partial charge on any atom is 0.271 e. The topological polar surface area (TPSA) is 106 Å². The fourth-order valence-electron chi connectivity index (χ4n) is 3.54. The van der Waals surface area contributed by atoms with E-state index in [4.69, 9.17) is 4.74 Å². The number of nitrogens with one attached hydrogen (secondary N) is 2. The highest BCUT2D eigenvalue weighted by molar-refractivity contribution is 5.94. The third-order valence-electron chi connectivity index (χ3n) is 5.19. The number of carbonyl (C=O) groups excluding carboxylic acids is 3. The maximum atomic E-state index is 12.2. The minimum Gasteiger partial charge on any atom is -0.497 e. The van der Waals surface area contributed by atoms with Gasteiger partial charge in [-0.15, -0.1) is 0 Å². The highest BCUT2D eigenvalue weighted by atomic mass is 16.5. The minimum atomic E-state index is -0.279. The predicted molar refractivity (Wildman–Crippen MR) is 110 cm³/mol. The predicted octanol–water partition coefficient (Wildman–Crippen LogP) is 0.515. The molecule has 0 radical (unpaired) electrons. The van der Waals surface area contributed by atoms with E-state index in [1.807, 2.05) is 24.3 Å². The normalized spacial score (nSPS) is 12.8. The number of ether oxygens (including phenoxy) is 1. The number of fused-ring (bicyclic) bond motifs is 1. The van der Waals surface area contributed by atoms with Gasteiger partial charge in [-0.2, -0.15) is 5.10 Å². The van der Waals surface area contributed by atoms with Gasteiger partial charge in [0, 0.05) is 51.3 Å². The summed E-state index contributed by atoms with van der Waals surface area (Å²) in [4.78, 5) is 37.9. The molecule has 2 N–H and O–H groups in total. The zero-order valence-electron chi connectivity index (χ0n) is 17.5. The Morgan fingerprint density at radius 3 is 2.57 bits per heavy atom. The van der Waals surface area contributed by atoms with Crippen molar-refractivity contribution in [3.8, 4) is 5.75 Å². The summed E-state index contributed by atoms with van der Waals surface area (Å²) in [5.41, 5.74) is 2.95. The lowest BCUT2D eigenvalue weighted by Gasteiger charge is -2.26. The van der Waals surface area contributed by atoms with Crippen LogP contribution in [0.25, 0.3) is 0 Å². The fourth-order valence-corrected chi connectivity index (χ4v) is 3.54. The van der Waals surface area contributed by atoms with Crippen LogP contribution in [0.4, 0.5) is 0 Å². The van der Waals surface area contributed by atoms with E-state index in [0.29, 0.717) is 38.3 Å². The molecule has 0 spiro atoms. The highest BCUT2D eigenvalue weighted by Gasteiger charge is 2.28. The molecular formula is C21H27N5O4. The second-order valence-electron chi connectivity index (χ2n) is 7.14. The van der Waals surface area contributed by atoms with E-state index in [1.54, 1.807) is 23.7 Å². The van der Waals surface area contributed by atoms with Crippen LogP contribution < -0.4 is 15.4 Å². The van der Waals surface area contributed by atoms with Crippen molar-refractivity contribution >= 4 is 17.7 Å². The molecule has 1 aromatic carbocycles. The number of benzene rings is 1. The number of methoxy groups -OCH3 is 1. The molecule has 3 amide bonds. The van der Waals surface area contributed by atoms with Crippen molar-refractivity contribution < 1.29 is 19.1 Å². The molecule has 1 aromatic heterocycles. The molecule has 0 bridgehead atoms. The number of hydrogen-bond acceptors (Lipinski definition) is 5. The zero-order valence-corrected chi connectivity index (χ0v) is 17.5. The van der Waals surface area contributed by atoms with Crippen LogP contribution in [0.1, 0.15) is 34.2 Å². The van der Waals surface area contributed by atoms with Gasteiger partial charge in [-0.3, -0.25) is 19.1 Å². The van der Waals surface area contributed by atoms with Crippen LogP contribution in [0.5, 0.6) is 5.75 Å². The molecule has 0 saturated heterocycles. The first-order valence-electron chi connectivity index (χ1n) is 9.88. The molecule has 3 rings (SSSR count). The summed E-state index contributed by atoms with van der Waals surface area (Å²) in [7, 11) is 3.15. The van der Waals surface area contributed by atoms with Crippen LogP contribution in [0.15, 0.2) is 24.3 Å². The SMILES string of the molecule is CNC(=O)c1nn(CCNC(=O)Cc2ccc(OC)cc2)c2c1CN(C(C)=O)CC2. The first-order valence-corrected chi connectivity index (χ1v) is 9.88. The summed E-state index contributed by atoms with van der Waals surface area (Å²) < 4.78 is 6.89. The smallest absolute Gasteiger partial charge is 0.271 e. The van der Waals surface area contributed by atoms with Gasteiger partial charge in [0.05, 0.1) is 20.1 Å². The van der Waals surface area contributed by atoms with Crippen molar-refractivity contribution in [3.63, 3.8) is 0 Å². The Labute approximate surface area is 175 Å². The van der Waals surface area contributed by atoms with Crippen molar-refractivity contribution in [2.45, 2.75) is 32.9 Å². The Morgan fingerprint density at radius 2 is 1.93 bits per heavy atom. The van der Waals surface area contributed by atoms with Gasteiger partial charge in [-0.05, 0) is 17.7 Å². The summed E-state index contributed by atoms with van der Waals surface area (Å²) in [6.07, 6.45) is 0.900. The summed E-state index contributed by atoms with van der Waals surface area (Å²) in [6, 6.07) is 7.37. The van der Waals surface area contributed by atoms with Crippen LogP contribution >= 0.6 is 0 Å². The molecule has 30 heavy (non-hydrogen) atoms. The van der Waals surface area contributed by atoms with E-state index < -0.39 is 0 Å². The molecule has 2 aromatic rings. The van der Waals surface area contributed by atoms with Crippen LogP contribution in [-0.4, -0.2) is 59.6 Å². The van der Waals surface area contributed by atoms with Gasteiger partial charge in [0.25, 0.3) is 5.91 Å². The average molecular weight is 413 g/mol. The van der Waals surface area contributed by atoms with Crippen LogP contribution in [0.2, 0.25) is 0 Å². The molecule has 2 heterocycles. The second kappa shape index (κ2) is 9.43. The summed E-state index contributed by atoms with van der Waals surface area (Å²) in [6.45, 7) is 3.33. The first-order chi connectivity index (χ1) is 14.4. The van der Waals surface area contributed by atoms with Crippen molar-refractivity contribution in [1.29, 1.82) is 0 Å². The third kappa shape index (κ3) is 4.79. The first kappa shape index (κ1) is 21.4. The summed E-state index contributed by atoms with van der Waals surface area (Å²) in [5, 5.41) is 9.96. The lowest BCUT2D eigenvalue weighted by Crippen LogP contribution is -2.36. The fraction of sp³-hybridized carbons (Fsp3) is 0.429. The number of amides is 3. The van der Waals surface area contributed by atoms with E-state index in [9.17, 15) is 14.4 Å². The summed E-state index contributed by atoms with van der Waals surface area (Å²) >= 11 is 0. The standard InChI is InChI=1S/C21H27N5O4/c1-14(27)25-10-8-18-17(13-25)20(21(29)22-2)24-26(18)11-9-23-19(28)12-15-4-6-16(30-3)7-5-15/h4-7H,8-13H2,1-3H3,(H,22,29)(H,23,28). The van der Waals surface area contributed by atoms with Crippen molar-refractivity contribution in [2.75, 3.05) is 27.2 Å². The van der Waals surface area contributed by atoms with Gasteiger partial charge in [0.2, 0.25) is 11.8 Å². The molecule has 9 nitrogen and oxygen atoms in total. The third-order valence-corrected chi connectivity index (χ3v) is 5.19. The minimum absolute atomic E-state index is 0.0259. The van der Waals surface area contributed by atoms with Crippen molar-refractivity contribution in [2.24, 2.45) is 0 Å². The molecule has 0 saturated carbocycles. The van der Waals surface area contributed by atoms with Crippen LogP contribution in [0.3, 0.4) is 0 Å². The molecule has 160 valence electrons. The Hall–Kier alpha value is -3.36. The Bertz CT molecular complexity index is 936. The lowest BCUT2D eigenvalue weighted by molar-refractivity contribution is -0.129. The van der Waals surface area contributed by atoms with Crippen molar-refractivity contribution in [3.05, 3.63) is 46.8 Å². The molecule has 0 aliphatic carbocycles. The highest BCUT2D eigenvalue weighted by Crippen LogP contribution is 2.23. The van der Waals surface area contributed by atoms with E-state index in [0.717, 1.165) is 22.6 Å². The number of aromatic nitrogens is 2. The van der Waals surface area contributed by atoms with E-state index >= 15 is 0 Å². The second-order valence-corrected chi connectivity index (χ2v) is 7.14. The van der Waals surface area contributed by atoms with Gasteiger partial charge < -0.3 is 20.3 Å². The number of carbonyl (C=O) groups is 3. The molecule has 9 heteroatoms. The number of nitrogens with zero attached hydrogens (tertiary/aromatic N) is 3. The number of rotatable bonds is 7. The summed E-state index contributed by atoms with van der Waals surface area (Å²) in [5.74, 6) is 0.356. The largest absolute Gasteiger partial charge is 0.497 e. The Kier molecular flexibility index (Phi) is 6.71. The maximum absolute atomic E-state index is 12.2. The van der Waals surface area contributed by atoms with E-state index in [2.05, 4.69) is 15.7 Å². The molecule has 1 aliphatic heterocycles. The average Bonchev–Trinajstić information content (AvgIpc) is 3.11. The molecular weight excluding hydrogens is 386 g/mol. The van der Waals surface area contributed by atoms with Crippen LogP contribution in [0, 0.1) is 0 Å². The molecule has 0 atom stereocenters. The van der Waals surface area contributed by atoms with Gasteiger partial charge in [0.1, 0.15) is 5.75 Å². The lowest BCUT2D eigenvalue weighted by atomic mass is 10.0. The zero-order chi connectivity index (χ0) is 21.7. The quantitative estimate of drug-likeness (QED) is 0.688.